The van der Waals surface area contributed by atoms with Crippen molar-refractivity contribution in [3.05, 3.63) is 23.2 Å². The number of piperidine rings is 1. The van der Waals surface area contributed by atoms with Crippen LogP contribution in [0.5, 0.6) is 0 Å². The van der Waals surface area contributed by atoms with Gasteiger partial charge < -0.3 is 21.1 Å². The molecular weight excluding hydrogens is 278 g/mol. The highest BCUT2D eigenvalue weighted by atomic mass is 35.5. The van der Waals surface area contributed by atoms with Gasteiger partial charge in [-0.15, -0.1) is 0 Å². The van der Waals surface area contributed by atoms with E-state index in [1.54, 1.807) is 18.2 Å². The molecule has 5 nitrogen and oxygen atoms in total. The SMILES string of the molecule is Nc1ccc(Cl)cc1NC(=O)CCN1CCC(O)CC1. The number of carbonyl (C=O) groups is 1. The first-order chi connectivity index (χ1) is 9.54. The van der Waals surface area contributed by atoms with E-state index in [0.717, 1.165) is 25.9 Å². The van der Waals surface area contributed by atoms with Crippen LogP contribution in [0, 0.1) is 0 Å². The lowest BCUT2D eigenvalue weighted by Gasteiger charge is -2.29. The van der Waals surface area contributed by atoms with Gasteiger partial charge in [-0.05, 0) is 31.0 Å². The van der Waals surface area contributed by atoms with Gasteiger partial charge in [0.2, 0.25) is 5.91 Å². The minimum atomic E-state index is -0.189. The van der Waals surface area contributed by atoms with Crippen LogP contribution in [0.15, 0.2) is 18.2 Å². The molecule has 0 aromatic heterocycles. The standard InChI is InChI=1S/C14H20ClN3O2/c15-10-1-2-12(16)13(9-10)17-14(20)5-8-18-6-3-11(19)4-7-18/h1-2,9,11,19H,3-8,16H2,(H,17,20). The van der Waals surface area contributed by atoms with Crippen LogP contribution in [0.4, 0.5) is 11.4 Å². The maximum Gasteiger partial charge on any atom is 0.225 e. The van der Waals surface area contributed by atoms with Crippen molar-refractivity contribution in [2.24, 2.45) is 0 Å². The van der Waals surface area contributed by atoms with Crippen molar-refractivity contribution >= 4 is 28.9 Å². The van der Waals surface area contributed by atoms with Crippen LogP contribution < -0.4 is 11.1 Å². The largest absolute Gasteiger partial charge is 0.397 e. The zero-order valence-corrected chi connectivity index (χ0v) is 12.1. The highest BCUT2D eigenvalue weighted by molar-refractivity contribution is 6.31. The Bertz CT molecular complexity index is 473. The summed E-state index contributed by atoms with van der Waals surface area (Å²) in [5.74, 6) is -0.0786. The Kier molecular flexibility index (Phi) is 5.23. The molecule has 110 valence electrons. The topological polar surface area (TPSA) is 78.6 Å². The number of nitrogens with one attached hydrogen (secondary N) is 1. The fourth-order valence-electron chi connectivity index (χ4n) is 2.25. The second-order valence-electron chi connectivity index (χ2n) is 5.10. The number of aliphatic hydroxyl groups is 1. The van der Waals surface area contributed by atoms with Crippen LogP contribution in [-0.4, -0.2) is 41.7 Å². The predicted octanol–water partition coefficient (Wildman–Crippen LogP) is 1.71. The maximum atomic E-state index is 11.9. The van der Waals surface area contributed by atoms with E-state index in [1.807, 2.05) is 0 Å². The summed E-state index contributed by atoms with van der Waals surface area (Å²) in [6.45, 7) is 2.38. The van der Waals surface area contributed by atoms with Gasteiger partial charge >= 0.3 is 0 Å². The Morgan fingerprint density at radius 3 is 2.85 bits per heavy atom. The van der Waals surface area contributed by atoms with Gasteiger partial charge in [-0.3, -0.25) is 4.79 Å². The van der Waals surface area contributed by atoms with Crippen molar-refractivity contribution in [3.63, 3.8) is 0 Å². The fraction of sp³-hybridized carbons (Fsp3) is 0.500. The quantitative estimate of drug-likeness (QED) is 0.739. The van der Waals surface area contributed by atoms with E-state index in [9.17, 15) is 9.90 Å². The summed E-state index contributed by atoms with van der Waals surface area (Å²) in [5, 5.41) is 12.7. The molecular formula is C14H20ClN3O2. The lowest BCUT2D eigenvalue weighted by Crippen LogP contribution is -2.37. The smallest absolute Gasteiger partial charge is 0.225 e. The number of nitrogens with zero attached hydrogens (tertiary/aromatic N) is 1. The minimum Gasteiger partial charge on any atom is -0.397 e. The normalized spacial score (nSPS) is 17.1. The van der Waals surface area contributed by atoms with Crippen LogP contribution in [0.1, 0.15) is 19.3 Å². The van der Waals surface area contributed by atoms with E-state index in [0.29, 0.717) is 29.4 Å². The molecule has 0 bridgehead atoms. The van der Waals surface area contributed by atoms with Crippen molar-refractivity contribution in [3.8, 4) is 0 Å². The van der Waals surface area contributed by atoms with Crippen LogP contribution in [0.25, 0.3) is 0 Å². The van der Waals surface area contributed by atoms with Gasteiger partial charge in [-0.2, -0.15) is 0 Å². The molecule has 1 aliphatic heterocycles. The number of hydrogen-bond donors (Lipinski definition) is 3. The number of anilines is 2. The van der Waals surface area contributed by atoms with Gasteiger partial charge in [0.15, 0.2) is 0 Å². The van der Waals surface area contributed by atoms with Gasteiger partial charge in [0.05, 0.1) is 17.5 Å². The number of amides is 1. The number of aliphatic hydroxyl groups excluding tert-OH is 1. The third-order valence-corrected chi connectivity index (χ3v) is 3.74. The van der Waals surface area contributed by atoms with Crippen molar-refractivity contribution in [1.29, 1.82) is 0 Å². The second-order valence-corrected chi connectivity index (χ2v) is 5.54. The van der Waals surface area contributed by atoms with Crippen LogP contribution in [0.3, 0.4) is 0 Å². The molecule has 0 radical (unpaired) electrons. The van der Waals surface area contributed by atoms with E-state index in [-0.39, 0.29) is 12.0 Å². The summed E-state index contributed by atoms with van der Waals surface area (Å²) >= 11 is 5.87. The molecule has 1 aliphatic rings. The summed E-state index contributed by atoms with van der Waals surface area (Å²) < 4.78 is 0. The fourth-order valence-corrected chi connectivity index (χ4v) is 2.42. The van der Waals surface area contributed by atoms with Gasteiger partial charge in [0, 0.05) is 31.1 Å². The maximum absolute atomic E-state index is 11.9. The van der Waals surface area contributed by atoms with Gasteiger partial charge in [0.25, 0.3) is 0 Å². The molecule has 1 aromatic carbocycles. The molecule has 1 aromatic rings. The van der Waals surface area contributed by atoms with Crippen LogP contribution >= 0.6 is 11.6 Å². The monoisotopic (exact) mass is 297 g/mol. The number of halogens is 1. The van der Waals surface area contributed by atoms with Gasteiger partial charge in [-0.1, -0.05) is 11.6 Å². The molecule has 4 N–H and O–H groups in total. The molecule has 0 atom stereocenters. The number of carbonyl (C=O) groups excluding carboxylic acids is 1. The van der Waals surface area contributed by atoms with Crippen molar-refractivity contribution in [2.45, 2.75) is 25.4 Å². The zero-order chi connectivity index (χ0) is 14.5. The molecule has 1 saturated heterocycles. The number of nitrogen functional groups attached to an aromatic ring is 1. The first kappa shape index (κ1) is 15.1. The number of rotatable bonds is 4. The summed E-state index contributed by atoms with van der Waals surface area (Å²) in [5.41, 5.74) is 6.84. The third-order valence-electron chi connectivity index (χ3n) is 3.50. The lowest BCUT2D eigenvalue weighted by atomic mass is 10.1. The molecule has 1 heterocycles. The van der Waals surface area contributed by atoms with Crippen molar-refractivity contribution < 1.29 is 9.90 Å². The summed E-state index contributed by atoms with van der Waals surface area (Å²) in [6.07, 6.45) is 1.78. The number of nitrogens with two attached hydrogens (primary N) is 1. The number of hydrogen-bond acceptors (Lipinski definition) is 4. The molecule has 0 saturated carbocycles. The van der Waals surface area contributed by atoms with E-state index in [2.05, 4.69) is 10.2 Å². The van der Waals surface area contributed by atoms with Crippen LogP contribution in [-0.2, 0) is 4.79 Å². The Labute approximate surface area is 123 Å². The average molecular weight is 298 g/mol. The molecule has 0 aliphatic carbocycles. The molecule has 2 rings (SSSR count). The highest BCUT2D eigenvalue weighted by Crippen LogP contribution is 2.23. The third kappa shape index (κ3) is 4.37. The highest BCUT2D eigenvalue weighted by Gasteiger charge is 2.17. The predicted molar refractivity (Wildman–Crippen MR) is 80.8 cm³/mol. The summed E-state index contributed by atoms with van der Waals surface area (Å²) in [6, 6.07) is 5.00. The van der Waals surface area contributed by atoms with E-state index in [1.165, 1.54) is 0 Å². The molecule has 1 fully saturated rings. The van der Waals surface area contributed by atoms with E-state index in [4.69, 9.17) is 17.3 Å². The summed E-state index contributed by atoms with van der Waals surface area (Å²) in [4.78, 5) is 14.1. The second kappa shape index (κ2) is 6.92. The van der Waals surface area contributed by atoms with Crippen LogP contribution in [0.2, 0.25) is 5.02 Å². The average Bonchev–Trinajstić information content (AvgIpc) is 2.42. The van der Waals surface area contributed by atoms with Crippen molar-refractivity contribution in [1.82, 2.24) is 4.90 Å². The molecule has 0 spiro atoms. The Balaban J connectivity index is 1.79. The number of likely N-dealkylation sites (tertiary alicyclic amines) is 1. The first-order valence-corrected chi connectivity index (χ1v) is 7.17. The molecule has 0 unspecified atom stereocenters. The first-order valence-electron chi connectivity index (χ1n) is 6.80. The van der Waals surface area contributed by atoms with Gasteiger partial charge in [0.1, 0.15) is 0 Å². The lowest BCUT2D eigenvalue weighted by molar-refractivity contribution is -0.116. The van der Waals surface area contributed by atoms with Gasteiger partial charge in [-0.25, -0.2) is 0 Å². The Morgan fingerprint density at radius 1 is 1.45 bits per heavy atom. The van der Waals surface area contributed by atoms with E-state index < -0.39 is 0 Å². The molecule has 20 heavy (non-hydrogen) atoms. The van der Waals surface area contributed by atoms with Crippen molar-refractivity contribution in [2.75, 3.05) is 30.7 Å². The summed E-state index contributed by atoms with van der Waals surface area (Å²) in [7, 11) is 0. The Morgan fingerprint density at radius 2 is 2.15 bits per heavy atom. The zero-order valence-electron chi connectivity index (χ0n) is 11.3. The molecule has 6 heteroatoms. The minimum absolute atomic E-state index is 0.0786. The van der Waals surface area contributed by atoms with E-state index >= 15 is 0 Å². The Hall–Kier alpha value is -1.30. The number of benzene rings is 1. The molecule has 1 amide bonds.